The molecule has 3 aromatic carbocycles. The van der Waals surface area contributed by atoms with E-state index in [0.717, 1.165) is 10.2 Å². The summed E-state index contributed by atoms with van der Waals surface area (Å²) < 4.78 is 7.00. The molecule has 0 aliphatic carbocycles. The van der Waals surface area contributed by atoms with Crippen LogP contribution in [-0.4, -0.2) is 0 Å². The second kappa shape index (κ2) is 7.01. The Morgan fingerprint density at radius 2 is 1.48 bits per heavy atom. The second-order valence-electron chi connectivity index (χ2n) is 5.64. The summed E-state index contributed by atoms with van der Waals surface area (Å²) in [7, 11) is 0. The van der Waals surface area contributed by atoms with E-state index in [4.69, 9.17) is 4.74 Å². The zero-order chi connectivity index (χ0) is 16.2. The molecule has 0 amide bonds. The molecule has 0 aromatic heterocycles. The lowest BCUT2D eigenvalue weighted by molar-refractivity contribution is 0.306. The van der Waals surface area contributed by atoms with Gasteiger partial charge in [0.15, 0.2) is 0 Å². The lowest BCUT2D eigenvalue weighted by atomic mass is 9.97. The third-order valence-electron chi connectivity index (χ3n) is 4.13. The molecular formula is C21H19BrO. The van der Waals surface area contributed by atoms with E-state index < -0.39 is 0 Å². The Bertz CT molecular complexity index is 792. The van der Waals surface area contributed by atoms with Crippen LogP contribution in [0, 0.1) is 13.8 Å². The summed E-state index contributed by atoms with van der Waals surface area (Å²) in [5.41, 5.74) is 6.24. The maximum atomic E-state index is 5.85. The van der Waals surface area contributed by atoms with Crippen LogP contribution in [0.1, 0.15) is 16.7 Å². The van der Waals surface area contributed by atoms with E-state index in [1.165, 1.54) is 27.8 Å². The monoisotopic (exact) mass is 366 g/mol. The first-order valence-corrected chi connectivity index (χ1v) is 8.47. The van der Waals surface area contributed by atoms with E-state index >= 15 is 0 Å². The molecule has 1 nitrogen and oxygen atoms in total. The Morgan fingerprint density at radius 1 is 0.783 bits per heavy atom. The van der Waals surface area contributed by atoms with E-state index in [2.05, 4.69) is 66.2 Å². The molecule has 0 atom stereocenters. The van der Waals surface area contributed by atoms with Gasteiger partial charge in [-0.1, -0.05) is 64.5 Å². The van der Waals surface area contributed by atoms with Gasteiger partial charge < -0.3 is 4.74 Å². The van der Waals surface area contributed by atoms with Crippen molar-refractivity contribution in [2.24, 2.45) is 0 Å². The van der Waals surface area contributed by atoms with E-state index in [9.17, 15) is 0 Å². The summed E-state index contributed by atoms with van der Waals surface area (Å²) in [4.78, 5) is 0. The van der Waals surface area contributed by atoms with Crippen molar-refractivity contribution in [3.63, 3.8) is 0 Å². The van der Waals surface area contributed by atoms with Gasteiger partial charge in [0.2, 0.25) is 0 Å². The Hall–Kier alpha value is -2.06. The molecule has 0 unspecified atom stereocenters. The van der Waals surface area contributed by atoms with Gasteiger partial charge in [-0.25, -0.2) is 0 Å². The Balaban J connectivity index is 1.76. The van der Waals surface area contributed by atoms with Crippen molar-refractivity contribution in [1.82, 2.24) is 0 Å². The molecule has 0 saturated heterocycles. The first-order valence-electron chi connectivity index (χ1n) is 7.68. The fraction of sp³-hybridized carbons (Fsp3) is 0.143. The van der Waals surface area contributed by atoms with Crippen molar-refractivity contribution in [1.29, 1.82) is 0 Å². The predicted molar refractivity (Wildman–Crippen MR) is 99.8 cm³/mol. The summed E-state index contributed by atoms with van der Waals surface area (Å²) in [6, 6.07) is 22.8. The number of ether oxygens (including phenoxy) is 1. The standard InChI is InChI=1S/C21H19BrO/c1-15-16(2)21(22)13-12-20(15)18-8-10-19(11-9-18)23-14-17-6-4-3-5-7-17/h3-13H,14H2,1-2H3. The topological polar surface area (TPSA) is 9.23 Å². The quantitative estimate of drug-likeness (QED) is 0.525. The maximum Gasteiger partial charge on any atom is 0.119 e. The summed E-state index contributed by atoms with van der Waals surface area (Å²) in [6.45, 7) is 4.89. The van der Waals surface area contributed by atoms with Crippen molar-refractivity contribution in [3.8, 4) is 16.9 Å². The van der Waals surface area contributed by atoms with Crippen LogP contribution in [0.3, 0.4) is 0 Å². The molecule has 23 heavy (non-hydrogen) atoms. The van der Waals surface area contributed by atoms with Crippen molar-refractivity contribution < 1.29 is 4.74 Å². The number of hydrogen-bond donors (Lipinski definition) is 0. The number of halogens is 1. The molecule has 0 heterocycles. The lowest BCUT2D eigenvalue weighted by Crippen LogP contribution is -1.95. The molecule has 0 N–H and O–H groups in total. The average molecular weight is 367 g/mol. The first kappa shape index (κ1) is 15.8. The highest BCUT2D eigenvalue weighted by atomic mass is 79.9. The van der Waals surface area contributed by atoms with Crippen LogP contribution >= 0.6 is 15.9 Å². The van der Waals surface area contributed by atoms with Gasteiger partial charge in [0.25, 0.3) is 0 Å². The second-order valence-corrected chi connectivity index (χ2v) is 6.50. The van der Waals surface area contributed by atoms with E-state index in [0.29, 0.717) is 6.61 Å². The van der Waals surface area contributed by atoms with Crippen molar-refractivity contribution in [2.75, 3.05) is 0 Å². The maximum absolute atomic E-state index is 5.85. The largest absolute Gasteiger partial charge is 0.489 e. The van der Waals surface area contributed by atoms with Crippen molar-refractivity contribution >= 4 is 15.9 Å². The van der Waals surface area contributed by atoms with Gasteiger partial charge >= 0.3 is 0 Å². The molecule has 3 rings (SSSR count). The van der Waals surface area contributed by atoms with Crippen molar-refractivity contribution in [3.05, 3.63) is 87.9 Å². The summed E-state index contributed by atoms with van der Waals surface area (Å²) >= 11 is 3.59. The molecule has 0 saturated carbocycles. The van der Waals surface area contributed by atoms with Gasteiger partial charge in [-0.3, -0.25) is 0 Å². The lowest BCUT2D eigenvalue weighted by Gasteiger charge is -2.12. The molecule has 116 valence electrons. The van der Waals surface area contributed by atoms with Gasteiger partial charge in [0, 0.05) is 4.47 Å². The minimum absolute atomic E-state index is 0.594. The zero-order valence-electron chi connectivity index (χ0n) is 13.3. The van der Waals surface area contributed by atoms with Crippen LogP contribution < -0.4 is 4.74 Å². The van der Waals surface area contributed by atoms with Crippen LogP contribution in [0.2, 0.25) is 0 Å². The minimum Gasteiger partial charge on any atom is -0.489 e. The zero-order valence-corrected chi connectivity index (χ0v) is 14.9. The predicted octanol–water partition coefficient (Wildman–Crippen LogP) is 6.31. The fourth-order valence-corrected chi connectivity index (χ4v) is 3.00. The molecule has 0 fully saturated rings. The molecule has 2 heteroatoms. The molecule has 0 spiro atoms. The van der Waals surface area contributed by atoms with Crippen LogP contribution in [-0.2, 0) is 6.61 Å². The molecule has 3 aromatic rings. The van der Waals surface area contributed by atoms with Gasteiger partial charge in [0.05, 0.1) is 0 Å². The molecule has 0 bridgehead atoms. The molecule has 0 radical (unpaired) electrons. The van der Waals surface area contributed by atoms with Gasteiger partial charge in [-0.15, -0.1) is 0 Å². The van der Waals surface area contributed by atoms with E-state index in [-0.39, 0.29) is 0 Å². The molecular weight excluding hydrogens is 348 g/mol. The Labute approximate surface area is 146 Å². The first-order chi connectivity index (χ1) is 11.1. The Kier molecular flexibility index (Phi) is 4.82. The summed E-state index contributed by atoms with van der Waals surface area (Å²) in [6.07, 6.45) is 0. The van der Waals surface area contributed by atoms with Crippen molar-refractivity contribution in [2.45, 2.75) is 20.5 Å². The third-order valence-corrected chi connectivity index (χ3v) is 4.99. The van der Waals surface area contributed by atoms with Crippen LogP contribution in [0.4, 0.5) is 0 Å². The summed E-state index contributed by atoms with van der Waals surface area (Å²) in [5.74, 6) is 0.893. The smallest absolute Gasteiger partial charge is 0.119 e. The third kappa shape index (κ3) is 3.65. The van der Waals surface area contributed by atoms with E-state index in [1.54, 1.807) is 0 Å². The Morgan fingerprint density at radius 3 is 2.17 bits per heavy atom. The average Bonchev–Trinajstić information content (AvgIpc) is 2.60. The highest BCUT2D eigenvalue weighted by Gasteiger charge is 2.07. The highest BCUT2D eigenvalue weighted by Crippen LogP contribution is 2.31. The van der Waals surface area contributed by atoms with Gasteiger partial charge in [0.1, 0.15) is 12.4 Å². The van der Waals surface area contributed by atoms with Crippen LogP contribution in [0.25, 0.3) is 11.1 Å². The molecule has 0 aliphatic rings. The van der Waals surface area contributed by atoms with E-state index in [1.807, 2.05) is 30.3 Å². The SMILES string of the molecule is Cc1c(Br)ccc(-c2ccc(OCc3ccccc3)cc2)c1C. The normalized spacial score (nSPS) is 10.6. The highest BCUT2D eigenvalue weighted by molar-refractivity contribution is 9.10. The van der Waals surface area contributed by atoms with Gasteiger partial charge in [-0.05, 0) is 59.9 Å². The van der Waals surface area contributed by atoms with Crippen LogP contribution in [0.5, 0.6) is 5.75 Å². The fourth-order valence-electron chi connectivity index (χ4n) is 2.57. The number of hydrogen-bond acceptors (Lipinski definition) is 1. The minimum atomic E-state index is 0.594. The summed E-state index contributed by atoms with van der Waals surface area (Å²) in [5, 5.41) is 0. The number of benzene rings is 3. The van der Waals surface area contributed by atoms with Gasteiger partial charge in [-0.2, -0.15) is 0 Å². The number of rotatable bonds is 4. The molecule has 0 aliphatic heterocycles. The van der Waals surface area contributed by atoms with Crippen LogP contribution in [0.15, 0.2) is 71.2 Å².